The standard InChI is InChI=1S/C16H15N5/c1-21-10-13(9-19-21)11-4-5-14-15(7-11)18-8-12-3-2-6-17-16(12)20-14/h2-7,9-10,18H,8H2,1H3,(H,17,20). The molecule has 104 valence electrons. The van der Waals surface area contributed by atoms with Crippen LogP contribution in [0.3, 0.4) is 0 Å². The van der Waals surface area contributed by atoms with E-state index in [1.54, 1.807) is 6.20 Å². The Labute approximate surface area is 122 Å². The number of rotatable bonds is 1. The molecule has 1 aliphatic heterocycles. The van der Waals surface area contributed by atoms with Crippen LogP contribution < -0.4 is 10.6 Å². The molecule has 5 heteroatoms. The monoisotopic (exact) mass is 277 g/mol. The van der Waals surface area contributed by atoms with Crippen molar-refractivity contribution in [1.82, 2.24) is 14.8 Å². The van der Waals surface area contributed by atoms with Crippen LogP contribution in [0.1, 0.15) is 5.56 Å². The Bertz CT molecular complexity index is 806. The molecule has 21 heavy (non-hydrogen) atoms. The highest BCUT2D eigenvalue weighted by molar-refractivity contribution is 5.81. The van der Waals surface area contributed by atoms with Gasteiger partial charge < -0.3 is 10.6 Å². The van der Waals surface area contributed by atoms with E-state index in [-0.39, 0.29) is 0 Å². The zero-order chi connectivity index (χ0) is 14.2. The van der Waals surface area contributed by atoms with Gasteiger partial charge in [-0.15, -0.1) is 0 Å². The molecule has 0 unspecified atom stereocenters. The Hall–Kier alpha value is -2.82. The molecule has 3 aromatic rings. The van der Waals surface area contributed by atoms with Crippen LogP contribution in [-0.2, 0) is 13.6 Å². The first-order chi connectivity index (χ1) is 10.3. The van der Waals surface area contributed by atoms with E-state index >= 15 is 0 Å². The summed E-state index contributed by atoms with van der Waals surface area (Å²) in [5, 5.41) is 11.1. The maximum absolute atomic E-state index is 4.40. The molecule has 1 aromatic carbocycles. The molecule has 5 nitrogen and oxygen atoms in total. The fourth-order valence-corrected chi connectivity index (χ4v) is 2.56. The van der Waals surface area contributed by atoms with Crippen molar-refractivity contribution in [3.8, 4) is 11.1 Å². The summed E-state index contributed by atoms with van der Waals surface area (Å²) in [7, 11) is 1.93. The summed E-state index contributed by atoms with van der Waals surface area (Å²) >= 11 is 0. The summed E-state index contributed by atoms with van der Waals surface area (Å²) in [4.78, 5) is 4.40. The fraction of sp³-hybridized carbons (Fsp3) is 0.125. The van der Waals surface area contributed by atoms with Crippen molar-refractivity contribution < 1.29 is 0 Å². The molecule has 0 spiro atoms. The van der Waals surface area contributed by atoms with Gasteiger partial charge in [0.05, 0.1) is 17.6 Å². The van der Waals surface area contributed by atoms with Crippen molar-refractivity contribution in [2.45, 2.75) is 6.54 Å². The van der Waals surface area contributed by atoms with Gasteiger partial charge in [0.2, 0.25) is 0 Å². The Kier molecular flexibility index (Phi) is 2.64. The van der Waals surface area contributed by atoms with E-state index in [9.17, 15) is 0 Å². The van der Waals surface area contributed by atoms with Crippen LogP contribution in [-0.4, -0.2) is 14.8 Å². The van der Waals surface area contributed by atoms with Crippen LogP contribution in [0.4, 0.5) is 17.2 Å². The van der Waals surface area contributed by atoms with E-state index in [1.807, 2.05) is 30.2 Å². The van der Waals surface area contributed by atoms with Crippen LogP contribution in [0, 0.1) is 0 Å². The van der Waals surface area contributed by atoms with Gasteiger partial charge in [0.25, 0.3) is 0 Å². The molecule has 4 rings (SSSR count). The number of nitrogens with one attached hydrogen (secondary N) is 2. The molecule has 2 N–H and O–H groups in total. The average molecular weight is 277 g/mol. The third kappa shape index (κ3) is 2.12. The third-order valence-electron chi connectivity index (χ3n) is 3.67. The predicted octanol–water partition coefficient (Wildman–Crippen LogP) is 3.15. The molecule has 2 aromatic heterocycles. The highest BCUT2D eigenvalue weighted by Gasteiger charge is 2.13. The average Bonchev–Trinajstić information content (AvgIpc) is 2.85. The molecule has 0 saturated heterocycles. The van der Waals surface area contributed by atoms with Gasteiger partial charge in [0.15, 0.2) is 0 Å². The minimum absolute atomic E-state index is 0.764. The van der Waals surface area contributed by atoms with Crippen molar-refractivity contribution >= 4 is 17.2 Å². The van der Waals surface area contributed by atoms with Crippen molar-refractivity contribution in [2.24, 2.45) is 7.05 Å². The van der Waals surface area contributed by atoms with Crippen LogP contribution >= 0.6 is 0 Å². The smallest absolute Gasteiger partial charge is 0.135 e. The molecular weight excluding hydrogens is 262 g/mol. The summed E-state index contributed by atoms with van der Waals surface area (Å²) in [6.45, 7) is 0.764. The molecule has 0 saturated carbocycles. The van der Waals surface area contributed by atoms with Crippen molar-refractivity contribution in [3.63, 3.8) is 0 Å². The summed E-state index contributed by atoms with van der Waals surface area (Å²) in [5.41, 5.74) is 5.54. The zero-order valence-corrected chi connectivity index (χ0v) is 11.7. The van der Waals surface area contributed by atoms with Crippen LogP contribution in [0.2, 0.25) is 0 Å². The summed E-state index contributed by atoms with van der Waals surface area (Å²) in [6, 6.07) is 10.4. The molecule has 1 aliphatic rings. The van der Waals surface area contributed by atoms with Gasteiger partial charge in [-0.2, -0.15) is 5.10 Å². The number of aromatic nitrogens is 3. The molecular formula is C16H15N5. The van der Waals surface area contributed by atoms with Crippen molar-refractivity contribution in [2.75, 3.05) is 10.6 Å². The van der Waals surface area contributed by atoms with E-state index in [0.717, 1.165) is 40.4 Å². The van der Waals surface area contributed by atoms with E-state index in [0.29, 0.717) is 0 Å². The second-order valence-corrected chi connectivity index (χ2v) is 5.15. The zero-order valence-electron chi connectivity index (χ0n) is 11.7. The first kappa shape index (κ1) is 12.0. The molecule has 3 heterocycles. The topological polar surface area (TPSA) is 54.8 Å². The van der Waals surface area contributed by atoms with Crippen LogP contribution in [0.15, 0.2) is 48.9 Å². The highest BCUT2D eigenvalue weighted by atomic mass is 15.2. The number of nitrogens with zero attached hydrogens (tertiary/aromatic N) is 3. The molecule has 0 radical (unpaired) electrons. The van der Waals surface area contributed by atoms with Crippen LogP contribution in [0.5, 0.6) is 0 Å². The number of hydrogen-bond donors (Lipinski definition) is 2. The Morgan fingerprint density at radius 1 is 1.14 bits per heavy atom. The number of benzene rings is 1. The van der Waals surface area contributed by atoms with E-state index in [1.165, 1.54) is 0 Å². The van der Waals surface area contributed by atoms with E-state index in [4.69, 9.17) is 0 Å². The molecule has 0 atom stereocenters. The quantitative estimate of drug-likeness (QED) is 0.717. The fourth-order valence-electron chi connectivity index (χ4n) is 2.56. The largest absolute Gasteiger partial charge is 0.379 e. The molecule has 0 fully saturated rings. The minimum atomic E-state index is 0.764. The molecule has 0 aliphatic carbocycles. The second kappa shape index (κ2) is 4.63. The number of hydrogen-bond acceptors (Lipinski definition) is 4. The summed E-state index contributed by atoms with van der Waals surface area (Å²) in [6.07, 6.45) is 5.70. The van der Waals surface area contributed by atoms with Crippen molar-refractivity contribution in [3.05, 3.63) is 54.5 Å². The second-order valence-electron chi connectivity index (χ2n) is 5.15. The first-order valence-electron chi connectivity index (χ1n) is 6.87. The van der Waals surface area contributed by atoms with Gasteiger partial charge in [0, 0.05) is 37.1 Å². The lowest BCUT2D eigenvalue weighted by Crippen LogP contribution is -1.98. The van der Waals surface area contributed by atoms with E-state index < -0.39 is 0 Å². The van der Waals surface area contributed by atoms with E-state index in [2.05, 4.69) is 45.0 Å². The van der Waals surface area contributed by atoms with Gasteiger partial charge >= 0.3 is 0 Å². The molecule has 0 amide bonds. The normalized spacial score (nSPS) is 12.6. The van der Waals surface area contributed by atoms with Crippen LogP contribution in [0.25, 0.3) is 11.1 Å². The van der Waals surface area contributed by atoms with Gasteiger partial charge in [0.1, 0.15) is 5.82 Å². The minimum Gasteiger partial charge on any atom is -0.379 e. The highest BCUT2D eigenvalue weighted by Crippen LogP contribution is 2.34. The number of aryl methyl sites for hydroxylation is 1. The van der Waals surface area contributed by atoms with Gasteiger partial charge in [-0.1, -0.05) is 12.1 Å². The first-order valence-corrected chi connectivity index (χ1v) is 6.87. The SMILES string of the molecule is Cn1cc(-c2ccc3c(c2)NCc2cccnc2N3)cn1. The van der Waals surface area contributed by atoms with Gasteiger partial charge in [-0.3, -0.25) is 4.68 Å². The number of pyridine rings is 1. The summed E-state index contributed by atoms with van der Waals surface area (Å²) < 4.78 is 1.81. The Morgan fingerprint density at radius 2 is 2.10 bits per heavy atom. The Morgan fingerprint density at radius 3 is 2.95 bits per heavy atom. The predicted molar refractivity (Wildman–Crippen MR) is 83.5 cm³/mol. The summed E-state index contributed by atoms with van der Waals surface area (Å²) in [5.74, 6) is 0.915. The van der Waals surface area contributed by atoms with Crippen molar-refractivity contribution in [1.29, 1.82) is 0 Å². The third-order valence-corrected chi connectivity index (χ3v) is 3.67. The maximum atomic E-state index is 4.40. The lowest BCUT2D eigenvalue weighted by Gasteiger charge is -2.10. The van der Waals surface area contributed by atoms with Gasteiger partial charge in [-0.25, -0.2) is 4.98 Å². The number of anilines is 3. The lowest BCUT2D eigenvalue weighted by atomic mass is 10.1. The number of fused-ring (bicyclic) bond motifs is 2. The Balaban J connectivity index is 1.74. The maximum Gasteiger partial charge on any atom is 0.135 e. The van der Waals surface area contributed by atoms with Gasteiger partial charge in [-0.05, 0) is 23.8 Å². The molecule has 0 bridgehead atoms. The lowest BCUT2D eigenvalue weighted by molar-refractivity contribution is 0.768.